The largest absolute Gasteiger partial charge is 0.490 e. The minimum atomic E-state index is -0.707. The Morgan fingerprint density at radius 2 is 1.65 bits per heavy atom. The van der Waals surface area contributed by atoms with Gasteiger partial charge in [-0.1, -0.05) is 83.9 Å². The summed E-state index contributed by atoms with van der Waals surface area (Å²) in [5, 5.41) is 3.99. The van der Waals surface area contributed by atoms with Crippen LogP contribution in [-0.4, -0.2) is 43.0 Å². The van der Waals surface area contributed by atoms with Gasteiger partial charge in [0.05, 0.1) is 22.2 Å². The molecule has 0 saturated carbocycles. The Kier molecular flexibility index (Phi) is 9.93. The van der Waals surface area contributed by atoms with Crippen LogP contribution in [0.3, 0.4) is 0 Å². The van der Waals surface area contributed by atoms with Crippen LogP contribution in [-0.2, 0) is 20.9 Å². The van der Waals surface area contributed by atoms with E-state index in [4.69, 9.17) is 32.7 Å². The number of allylic oxidation sites excluding steroid dienone is 1. The summed E-state index contributed by atoms with van der Waals surface area (Å²) < 4.78 is 11.3. The fourth-order valence-electron chi connectivity index (χ4n) is 5.08. The molecule has 0 aromatic heterocycles. The summed E-state index contributed by atoms with van der Waals surface area (Å²) in [5.41, 5.74) is 3.93. The summed E-state index contributed by atoms with van der Waals surface area (Å²) in [6.45, 7) is 3.43. The number of nitrogens with one attached hydrogen (secondary N) is 1. The third-order valence-electron chi connectivity index (χ3n) is 6.78. The van der Waals surface area contributed by atoms with E-state index in [0.717, 1.165) is 11.3 Å². The Labute approximate surface area is 250 Å². The molecule has 9 heteroatoms. The van der Waals surface area contributed by atoms with Gasteiger partial charge in [-0.05, 0) is 36.2 Å². The number of nitrogens with zero attached hydrogens (tertiary/aromatic N) is 1. The first-order valence-electron chi connectivity index (χ1n) is 12.7. The summed E-state index contributed by atoms with van der Waals surface area (Å²) in [5.74, 6) is -0.634. The molecule has 40 heavy (non-hydrogen) atoms. The van der Waals surface area contributed by atoms with Gasteiger partial charge < -0.3 is 14.8 Å². The standard InChI is InChI=1S/C31H28Cl2N2O4.ClH/c1-20-27(31(37)39-16-15-38-22-11-6-3-7-12-22)28(23-13-8-14-24(32)30(23)33)29-25(34-20)18-35(19-26(29)36)17-21-9-4-2-5-10-21;/h2-14,28,34H,15-19H2,1H3;1H. The van der Waals surface area contributed by atoms with Crippen LogP contribution < -0.4 is 10.1 Å². The Morgan fingerprint density at radius 1 is 0.950 bits per heavy atom. The number of para-hydroxylation sites is 1. The second-order valence-electron chi connectivity index (χ2n) is 9.48. The van der Waals surface area contributed by atoms with Gasteiger partial charge >= 0.3 is 5.97 Å². The predicted octanol–water partition coefficient (Wildman–Crippen LogP) is 6.34. The molecule has 0 aliphatic carbocycles. The van der Waals surface area contributed by atoms with E-state index >= 15 is 0 Å². The number of dihydropyridines is 1. The average Bonchev–Trinajstić information content (AvgIpc) is 2.93. The topological polar surface area (TPSA) is 67.9 Å². The highest BCUT2D eigenvalue weighted by Gasteiger charge is 2.41. The molecule has 0 fully saturated rings. The van der Waals surface area contributed by atoms with Crippen molar-refractivity contribution in [2.45, 2.75) is 19.4 Å². The zero-order chi connectivity index (χ0) is 27.4. The third-order valence-corrected chi connectivity index (χ3v) is 7.62. The molecule has 1 atom stereocenters. The van der Waals surface area contributed by atoms with Crippen LogP contribution in [0.5, 0.6) is 5.75 Å². The first-order valence-corrected chi connectivity index (χ1v) is 13.5. The van der Waals surface area contributed by atoms with Crippen molar-refractivity contribution < 1.29 is 19.1 Å². The van der Waals surface area contributed by atoms with Gasteiger partial charge in [-0.15, -0.1) is 12.4 Å². The lowest BCUT2D eigenvalue weighted by molar-refractivity contribution is -0.140. The lowest BCUT2D eigenvalue weighted by Crippen LogP contribution is -2.45. The molecule has 0 radical (unpaired) electrons. The van der Waals surface area contributed by atoms with Crippen molar-refractivity contribution in [2.24, 2.45) is 0 Å². The van der Waals surface area contributed by atoms with E-state index in [2.05, 4.69) is 10.2 Å². The second-order valence-corrected chi connectivity index (χ2v) is 10.3. The van der Waals surface area contributed by atoms with Crippen molar-refractivity contribution in [1.29, 1.82) is 0 Å². The predicted molar refractivity (Wildman–Crippen MR) is 159 cm³/mol. The molecule has 0 amide bonds. The average molecular weight is 600 g/mol. The van der Waals surface area contributed by atoms with E-state index in [0.29, 0.717) is 51.3 Å². The highest BCUT2D eigenvalue weighted by atomic mass is 35.5. The second kappa shape index (κ2) is 13.4. The third kappa shape index (κ3) is 6.53. The Morgan fingerprint density at radius 3 is 2.38 bits per heavy atom. The number of rotatable bonds is 8. The maximum Gasteiger partial charge on any atom is 0.336 e. The molecule has 6 nitrogen and oxygen atoms in total. The molecule has 3 aromatic carbocycles. The molecule has 3 aromatic rings. The fourth-order valence-corrected chi connectivity index (χ4v) is 5.50. The number of ketones is 1. The fraction of sp³-hybridized carbons (Fsp3) is 0.226. The molecule has 1 N–H and O–H groups in total. The molecule has 1 unspecified atom stereocenters. The highest BCUT2D eigenvalue weighted by molar-refractivity contribution is 6.42. The number of carbonyl (C=O) groups excluding carboxylic acids is 2. The molecule has 2 aliphatic heterocycles. The monoisotopic (exact) mass is 598 g/mol. The van der Waals surface area contributed by atoms with Gasteiger partial charge in [0.2, 0.25) is 0 Å². The van der Waals surface area contributed by atoms with E-state index in [1.54, 1.807) is 18.2 Å². The van der Waals surface area contributed by atoms with Gasteiger partial charge in [0.15, 0.2) is 5.78 Å². The molecule has 5 rings (SSSR count). The molecular weight excluding hydrogens is 571 g/mol. The Hall–Kier alpha value is -3.29. The summed E-state index contributed by atoms with van der Waals surface area (Å²) in [4.78, 5) is 29.3. The SMILES string of the molecule is CC1=C(C(=O)OCCOc2ccccc2)C(c2cccc(Cl)c2Cl)C2=C(CN(Cc3ccccc3)CC2=O)N1.Cl. The summed E-state index contributed by atoms with van der Waals surface area (Å²) in [7, 11) is 0. The van der Waals surface area contributed by atoms with Crippen molar-refractivity contribution in [3.05, 3.63) is 123 Å². The van der Waals surface area contributed by atoms with Crippen LogP contribution in [0.25, 0.3) is 0 Å². The molecule has 2 aliphatic rings. The van der Waals surface area contributed by atoms with E-state index in [9.17, 15) is 9.59 Å². The van der Waals surface area contributed by atoms with Gasteiger partial charge in [0.1, 0.15) is 19.0 Å². The van der Waals surface area contributed by atoms with E-state index in [1.165, 1.54) is 0 Å². The quantitative estimate of drug-likeness (QED) is 0.241. The zero-order valence-electron chi connectivity index (χ0n) is 21.9. The number of hydrogen-bond acceptors (Lipinski definition) is 6. The lowest BCUT2D eigenvalue weighted by Gasteiger charge is -2.38. The van der Waals surface area contributed by atoms with E-state index < -0.39 is 11.9 Å². The maximum atomic E-state index is 13.7. The van der Waals surface area contributed by atoms with Crippen molar-refractivity contribution in [2.75, 3.05) is 26.3 Å². The van der Waals surface area contributed by atoms with Crippen molar-refractivity contribution in [3.8, 4) is 5.75 Å². The van der Waals surface area contributed by atoms with Crippen LogP contribution in [0, 0.1) is 0 Å². The van der Waals surface area contributed by atoms with Crippen molar-refractivity contribution >= 4 is 47.4 Å². The van der Waals surface area contributed by atoms with Crippen LogP contribution in [0.2, 0.25) is 10.0 Å². The van der Waals surface area contributed by atoms with Crippen LogP contribution in [0.1, 0.15) is 24.0 Å². The number of hydrogen-bond donors (Lipinski definition) is 1. The Balaban J connectivity index is 0.00000370. The Bertz CT molecular complexity index is 1440. The lowest BCUT2D eigenvalue weighted by atomic mass is 9.77. The van der Waals surface area contributed by atoms with E-state index in [-0.39, 0.29) is 37.9 Å². The van der Waals surface area contributed by atoms with Gasteiger partial charge in [0.25, 0.3) is 0 Å². The summed E-state index contributed by atoms with van der Waals surface area (Å²) in [6.07, 6.45) is 0. The normalized spacial score (nSPS) is 17.1. The van der Waals surface area contributed by atoms with Gasteiger partial charge in [-0.2, -0.15) is 0 Å². The van der Waals surface area contributed by atoms with Crippen molar-refractivity contribution in [3.63, 3.8) is 0 Å². The number of halogens is 3. The minimum absolute atomic E-state index is 0. The van der Waals surface area contributed by atoms with Gasteiger partial charge in [-0.25, -0.2) is 4.79 Å². The highest BCUT2D eigenvalue weighted by Crippen LogP contribution is 2.44. The van der Waals surface area contributed by atoms with Crippen LogP contribution >= 0.6 is 35.6 Å². The number of esters is 1. The van der Waals surface area contributed by atoms with Gasteiger partial charge in [-0.3, -0.25) is 9.69 Å². The van der Waals surface area contributed by atoms with E-state index in [1.807, 2.05) is 67.6 Å². The molecular formula is C31H29Cl3N2O4. The number of carbonyl (C=O) groups is 2. The maximum absolute atomic E-state index is 13.7. The zero-order valence-corrected chi connectivity index (χ0v) is 24.2. The minimum Gasteiger partial charge on any atom is -0.490 e. The molecule has 0 spiro atoms. The molecule has 208 valence electrons. The van der Waals surface area contributed by atoms with Crippen LogP contribution in [0.15, 0.2) is 101 Å². The number of benzene rings is 3. The number of Topliss-reactive ketones (excluding diaryl/α,β-unsaturated/α-hetero) is 1. The van der Waals surface area contributed by atoms with Gasteiger partial charge in [0, 0.05) is 36.0 Å². The van der Waals surface area contributed by atoms with Crippen LogP contribution in [0.4, 0.5) is 0 Å². The first kappa shape index (κ1) is 29.7. The summed E-state index contributed by atoms with van der Waals surface area (Å²) in [6, 6.07) is 24.6. The number of ether oxygens (including phenoxy) is 2. The van der Waals surface area contributed by atoms with Crippen molar-refractivity contribution in [1.82, 2.24) is 10.2 Å². The summed E-state index contributed by atoms with van der Waals surface area (Å²) >= 11 is 13.0. The molecule has 0 bridgehead atoms. The smallest absolute Gasteiger partial charge is 0.336 e. The molecule has 2 heterocycles. The molecule has 0 saturated heterocycles. The first-order chi connectivity index (χ1) is 18.9.